The van der Waals surface area contributed by atoms with Crippen LogP contribution < -0.4 is 5.46 Å². The summed E-state index contributed by atoms with van der Waals surface area (Å²) >= 11 is 6.46. The van der Waals surface area contributed by atoms with Crippen molar-refractivity contribution in [1.29, 1.82) is 0 Å². The highest BCUT2D eigenvalue weighted by Crippen LogP contribution is 2.36. The van der Waals surface area contributed by atoms with Gasteiger partial charge in [-0.3, -0.25) is 0 Å². The average Bonchev–Trinajstić information content (AvgIpc) is 2.91. The highest BCUT2D eigenvalue weighted by Gasteiger charge is 2.51. The Kier molecular flexibility index (Phi) is 3.67. The summed E-state index contributed by atoms with van der Waals surface area (Å²) in [6, 6.07) is 7.99. The largest absolute Gasteiger partial charge is 0.494 e. The molecule has 1 saturated heterocycles. The normalized spacial score (nSPS) is 19.6. The summed E-state index contributed by atoms with van der Waals surface area (Å²) in [5.74, 6) is 0. The molecule has 5 heteroatoms. The summed E-state index contributed by atoms with van der Waals surface area (Å²) < 4.78 is 14.2. The zero-order valence-corrected chi connectivity index (χ0v) is 14.4. The minimum atomic E-state index is -0.386. The molecule has 0 amide bonds. The predicted molar refractivity (Wildman–Crippen MR) is 91.2 cm³/mol. The molecule has 2 heterocycles. The number of benzene rings is 1. The van der Waals surface area contributed by atoms with Crippen LogP contribution in [-0.2, 0) is 9.31 Å². The van der Waals surface area contributed by atoms with Gasteiger partial charge in [-0.2, -0.15) is 0 Å². The van der Waals surface area contributed by atoms with Gasteiger partial charge in [-0.25, -0.2) is 0 Å². The zero-order valence-electron chi connectivity index (χ0n) is 13.7. The van der Waals surface area contributed by atoms with Gasteiger partial charge in [0.15, 0.2) is 0 Å². The Morgan fingerprint density at radius 3 is 2.18 bits per heavy atom. The van der Waals surface area contributed by atoms with Crippen LogP contribution in [0.2, 0.25) is 5.02 Å². The smallest absolute Gasteiger partial charge is 0.399 e. The fraction of sp³-hybridized carbons (Fsp3) is 0.412. The molecule has 1 aromatic carbocycles. The van der Waals surface area contributed by atoms with Gasteiger partial charge in [0.2, 0.25) is 0 Å². The third kappa shape index (κ3) is 2.60. The molecule has 0 N–H and O–H groups in total. The van der Waals surface area contributed by atoms with Crippen molar-refractivity contribution in [1.82, 2.24) is 4.57 Å². The lowest BCUT2D eigenvalue weighted by molar-refractivity contribution is 0.00578. The predicted octanol–water partition coefficient (Wildman–Crippen LogP) is 3.74. The molecule has 2 aromatic rings. The van der Waals surface area contributed by atoms with Crippen LogP contribution in [0.15, 0.2) is 36.7 Å². The van der Waals surface area contributed by atoms with Crippen LogP contribution in [0.3, 0.4) is 0 Å². The lowest BCUT2D eigenvalue weighted by Crippen LogP contribution is -2.41. The lowest BCUT2D eigenvalue weighted by Gasteiger charge is -2.32. The number of aryl methyl sites for hydroxylation is 1. The third-order valence-electron chi connectivity index (χ3n) is 4.62. The van der Waals surface area contributed by atoms with E-state index >= 15 is 0 Å². The van der Waals surface area contributed by atoms with Crippen molar-refractivity contribution in [3.8, 4) is 5.69 Å². The van der Waals surface area contributed by atoms with Crippen molar-refractivity contribution < 1.29 is 9.31 Å². The maximum Gasteiger partial charge on any atom is 0.494 e. The van der Waals surface area contributed by atoms with Gasteiger partial charge in [0, 0.05) is 12.4 Å². The Morgan fingerprint density at radius 1 is 1.05 bits per heavy atom. The molecule has 0 saturated carbocycles. The van der Waals surface area contributed by atoms with Crippen LogP contribution >= 0.6 is 11.6 Å². The van der Waals surface area contributed by atoms with Gasteiger partial charge in [-0.15, -0.1) is 0 Å². The van der Waals surface area contributed by atoms with Gasteiger partial charge >= 0.3 is 7.12 Å². The number of rotatable bonds is 2. The second-order valence-electron chi connectivity index (χ2n) is 6.90. The van der Waals surface area contributed by atoms with Crippen LogP contribution in [0.5, 0.6) is 0 Å². The van der Waals surface area contributed by atoms with Crippen LogP contribution in [0.1, 0.15) is 33.3 Å². The van der Waals surface area contributed by atoms with Crippen molar-refractivity contribution in [2.45, 2.75) is 45.8 Å². The summed E-state index contributed by atoms with van der Waals surface area (Å²) in [4.78, 5) is 0. The lowest BCUT2D eigenvalue weighted by atomic mass is 9.79. The highest BCUT2D eigenvalue weighted by atomic mass is 35.5. The number of aromatic nitrogens is 1. The molecule has 116 valence electrons. The topological polar surface area (TPSA) is 23.4 Å². The first kappa shape index (κ1) is 15.7. The SMILES string of the molecule is Cc1ccn(-c2ccc(B3OC(C)(C)C(C)(C)O3)cc2Cl)c1. The molecule has 0 aliphatic carbocycles. The molecular weight excluding hydrogens is 296 g/mol. The molecule has 3 rings (SSSR count). The molecule has 0 atom stereocenters. The maximum atomic E-state index is 6.46. The number of nitrogens with zero attached hydrogens (tertiary/aromatic N) is 1. The maximum absolute atomic E-state index is 6.46. The van der Waals surface area contributed by atoms with Crippen molar-refractivity contribution in [3.63, 3.8) is 0 Å². The van der Waals surface area contributed by atoms with E-state index < -0.39 is 0 Å². The fourth-order valence-electron chi connectivity index (χ4n) is 2.51. The molecule has 0 spiro atoms. The fourth-order valence-corrected chi connectivity index (χ4v) is 2.80. The number of halogens is 1. The van der Waals surface area contributed by atoms with Crippen LogP contribution in [0.25, 0.3) is 5.69 Å². The average molecular weight is 318 g/mol. The van der Waals surface area contributed by atoms with E-state index in [1.54, 1.807) is 0 Å². The van der Waals surface area contributed by atoms with Gasteiger partial charge in [-0.1, -0.05) is 17.7 Å². The van der Waals surface area contributed by atoms with Gasteiger partial charge < -0.3 is 13.9 Å². The Labute approximate surface area is 137 Å². The van der Waals surface area contributed by atoms with Crippen LogP contribution in [0.4, 0.5) is 0 Å². The zero-order chi connectivity index (χ0) is 16.1. The Hall–Kier alpha value is -1.23. The first-order chi connectivity index (χ1) is 10.2. The van der Waals surface area contributed by atoms with Crippen molar-refractivity contribution >= 4 is 24.2 Å². The summed E-state index contributed by atoms with van der Waals surface area (Å²) in [6.07, 6.45) is 4.06. The van der Waals surface area contributed by atoms with E-state index in [2.05, 4.69) is 19.2 Å². The molecule has 0 bridgehead atoms. The second kappa shape index (κ2) is 5.15. The quantitative estimate of drug-likeness (QED) is 0.788. The second-order valence-corrected chi connectivity index (χ2v) is 7.30. The first-order valence-corrected chi connectivity index (χ1v) is 7.87. The van der Waals surface area contributed by atoms with E-state index in [1.165, 1.54) is 5.56 Å². The Morgan fingerprint density at radius 2 is 1.68 bits per heavy atom. The molecule has 22 heavy (non-hydrogen) atoms. The van der Waals surface area contributed by atoms with E-state index in [0.29, 0.717) is 5.02 Å². The van der Waals surface area contributed by atoms with E-state index in [4.69, 9.17) is 20.9 Å². The van der Waals surface area contributed by atoms with Gasteiger partial charge in [-0.05, 0) is 63.8 Å². The summed E-state index contributed by atoms with van der Waals surface area (Å²) in [7, 11) is -0.386. The summed E-state index contributed by atoms with van der Waals surface area (Å²) in [5.41, 5.74) is 2.40. The van der Waals surface area contributed by atoms with Crippen molar-refractivity contribution in [2.75, 3.05) is 0 Å². The highest BCUT2D eigenvalue weighted by molar-refractivity contribution is 6.62. The summed E-state index contributed by atoms with van der Waals surface area (Å²) in [6.45, 7) is 10.2. The molecule has 0 radical (unpaired) electrons. The van der Waals surface area contributed by atoms with Crippen molar-refractivity contribution in [2.24, 2.45) is 0 Å². The van der Waals surface area contributed by atoms with E-state index in [9.17, 15) is 0 Å². The first-order valence-electron chi connectivity index (χ1n) is 7.50. The minimum absolute atomic E-state index is 0.347. The van der Waals surface area contributed by atoms with Crippen LogP contribution in [0, 0.1) is 6.92 Å². The minimum Gasteiger partial charge on any atom is -0.399 e. The standard InChI is InChI=1S/C17H21BClNO2/c1-12-8-9-20(11-12)15-7-6-13(10-14(15)19)18-21-16(2,3)17(4,5)22-18/h6-11H,1-5H3. The van der Waals surface area contributed by atoms with Crippen molar-refractivity contribution in [3.05, 3.63) is 47.2 Å². The summed E-state index contributed by atoms with van der Waals surface area (Å²) in [5, 5.41) is 0.683. The molecular formula is C17H21BClNO2. The molecule has 3 nitrogen and oxygen atoms in total. The molecule has 1 fully saturated rings. The van der Waals surface area contributed by atoms with E-state index in [0.717, 1.165) is 11.2 Å². The number of hydrogen-bond acceptors (Lipinski definition) is 2. The third-order valence-corrected chi connectivity index (χ3v) is 4.92. The molecule has 1 aliphatic heterocycles. The Balaban J connectivity index is 1.90. The molecule has 1 aliphatic rings. The number of hydrogen-bond donors (Lipinski definition) is 0. The molecule has 0 unspecified atom stereocenters. The van der Waals surface area contributed by atoms with E-state index in [1.807, 2.05) is 56.7 Å². The van der Waals surface area contributed by atoms with Gasteiger partial charge in [0.1, 0.15) is 0 Å². The van der Waals surface area contributed by atoms with Gasteiger partial charge in [0.25, 0.3) is 0 Å². The van der Waals surface area contributed by atoms with Crippen LogP contribution in [-0.4, -0.2) is 22.9 Å². The van der Waals surface area contributed by atoms with Gasteiger partial charge in [0.05, 0.1) is 21.9 Å². The van der Waals surface area contributed by atoms with E-state index in [-0.39, 0.29) is 18.3 Å². The molecule has 1 aromatic heterocycles. The Bertz CT molecular complexity index is 692. The monoisotopic (exact) mass is 317 g/mol.